The van der Waals surface area contributed by atoms with Gasteiger partial charge in [-0.15, -0.1) is 0 Å². The Balaban J connectivity index is 2.12. The lowest BCUT2D eigenvalue weighted by molar-refractivity contribution is -0.145. The van der Waals surface area contributed by atoms with Gasteiger partial charge in [-0.05, 0) is 13.3 Å². The third kappa shape index (κ3) is 7.99. The third-order valence-electron chi connectivity index (χ3n) is 3.34. The molecule has 1 amide bonds. The monoisotopic (exact) mass is 301 g/mol. The summed E-state index contributed by atoms with van der Waals surface area (Å²) < 4.78 is 9.86. The van der Waals surface area contributed by atoms with Crippen LogP contribution >= 0.6 is 0 Å². The lowest BCUT2D eigenvalue weighted by Crippen LogP contribution is -2.50. The molecule has 0 aliphatic carbocycles. The summed E-state index contributed by atoms with van der Waals surface area (Å²) in [7, 11) is 1.65. The second-order valence-corrected chi connectivity index (χ2v) is 5.05. The molecule has 1 aliphatic rings. The summed E-state index contributed by atoms with van der Waals surface area (Å²) in [6.07, 6.45) is 0.829. The zero-order chi connectivity index (χ0) is 15.5. The molecule has 0 bridgehead atoms. The van der Waals surface area contributed by atoms with Crippen molar-refractivity contribution in [3.8, 4) is 0 Å². The molecule has 0 aromatic rings. The van der Waals surface area contributed by atoms with Crippen LogP contribution < -0.4 is 5.32 Å². The van der Waals surface area contributed by atoms with E-state index in [0.717, 1.165) is 32.6 Å². The van der Waals surface area contributed by atoms with E-state index in [1.54, 1.807) is 14.0 Å². The van der Waals surface area contributed by atoms with Gasteiger partial charge in [0, 0.05) is 46.4 Å². The molecular weight excluding hydrogens is 274 g/mol. The number of nitrogens with one attached hydrogen (secondary N) is 1. The average molecular weight is 301 g/mol. The molecule has 1 heterocycles. The van der Waals surface area contributed by atoms with Crippen molar-refractivity contribution in [2.75, 3.05) is 66.1 Å². The van der Waals surface area contributed by atoms with Crippen LogP contribution in [0.1, 0.15) is 13.3 Å². The molecule has 0 spiro atoms. The molecule has 0 radical (unpaired) electrons. The van der Waals surface area contributed by atoms with Gasteiger partial charge in [-0.2, -0.15) is 0 Å². The number of nitrogens with zero attached hydrogens (tertiary/aromatic N) is 2. The fraction of sp³-hybridized carbons (Fsp3) is 0.857. The minimum Gasteiger partial charge on any atom is -0.465 e. The van der Waals surface area contributed by atoms with E-state index >= 15 is 0 Å². The molecule has 1 rings (SSSR count). The number of piperazine rings is 1. The van der Waals surface area contributed by atoms with Gasteiger partial charge in [0.05, 0.1) is 19.7 Å². The lowest BCUT2D eigenvalue weighted by atomic mass is 10.3. The van der Waals surface area contributed by atoms with Crippen LogP contribution in [0, 0.1) is 0 Å². The van der Waals surface area contributed by atoms with E-state index in [0.29, 0.717) is 32.8 Å². The largest absolute Gasteiger partial charge is 0.465 e. The molecular formula is C14H27N3O4. The van der Waals surface area contributed by atoms with Gasteiger partial charge < -0.3 is 14.8 Å². The summed E-state index contributed by atoms with van der Waals surface area (Å²) in [5, 5.41) is 2.88. The van der Waals surface area contributed by atoms with Gasteiger partial charge in [0.25, 0.3) is 0 Å². The first-order chi connectivity index (χ1) is 10.2. The number of amides is 1. The number of rotatable bonds is 9. The predicted molar refractivity (Wildman–Crippen MR) is 79.0 cm³/mol. The summed E-state index contributed by atoms with van der Waals surface area (Å²) in [6, 6.07) is 0. The van der Waals surface area contributed by atoms with Gasteiger partial charge >= 0.3 is 5.97 Å². The van der Waals surface area contributed by atoms with E-state index < -0.39 is 0 Å². The number of hydrogen-bond acceptors (Lipinski definition) is 6. The quantitative estimate of drug-likeness (QED) is 0.449. The Kier molecular flexibility index (Phi) is 8.96. The number of carbonyl (C=O) groups excluding carboxylic acids is 2. The maximum atomic E-state index is 11.7. The van der Waals surface area contributed by atoms with Crippen LogP contribution in [0.5, 0.6) is 0 Å². The van der Waals surface area contributed by atoms with Crippen molar-refractivity contribution < 1.29 is 19.1 Å². The van der Waals surface area contributed by atoms with E-state index in [1.807, 2.05) is 0 Å². The summed E-state index contributed by atoms with van der Waals surface area (Å²) >= 11 is 0. The van der Waals surface area contributed by atoms with E-state index in [9.17, 15) is 9.59 Å². The Labute approximate surface area is 126 Å². The van der Waals surface area contributed by atoms with Crippen LogP contribution in [0.4, 0.5) is 0 Å². The maximum absolute atomic E-state index is 11.7. The Morgan fingerprint density at radius 3 is 2.29 bits per heavy atom. The zero-order valence-corrected chi connectivity index (χ0v) is 13.1. The first kappa shape index (κ1) is 17.9. The highest BCUT2D eigenvalue weighted by atomic mass is 16.5. The van der Waals surface area contributed by atoms with E-state index in [2.05, 4.69) is 15.1 Å². The fourth-order valence-corrected chi connectivity index (χ4v) is 2.20. The molecule has 0 aromatic carbocycles. The van der Waals surface area contributed by atoms with Crippen LogP contribution in [0.15, 0.2) is 0 Å². The van der Waals surface area contributed by atoms with Crippen molar-refractivity contribution in [1.82, 2.24) is 15.1 Å². The number of hydrogen-bond donors (Lipinski definition) is 1. The average Bonchev–Trinajstić information content (AvgIpc) is 2.46. The first-order valence-electron chi connectivity index (χ1n) is 7.51. The van der Waals surface area contributed by atoms with Crippen molar-refractivity contribution in [1.29, 1.82) is 0 Å². The molecule has 21 heavy (non-hydrogen) atoms. The van der Waals surface area contributed by atoms with E-state index in [1.165, 1.54) is 0 Å². The van der Waals surface area contributed by atoms with Crippen molar-refractivity contribution in [2.24, 2.45) is 0 Å². The molecule has 7 heteroatoms. The van der Waals surface area contributed by atoms with Crippen molar-refractivity contribution in [2.45, 2.75) is 13.3 Å². The zero-order valence-electron chi connectivity index (χ0n) is 13.1. The lowest BCUT2D eigenvalue weighted by Gasteiger charge is -2.33. The van der Waals surface area contributed by atoms with Gasteiger partial charge in [-0.1, -0.05) is 0 Å². The van der Waals surface area contributed by atoms with Crippen molar-refractivity contribution in [3.05, 3.63) is 0 Å². The van der Waals surface area contributed by atoms with Crippen LogP contribution in [0.2, 0.25) is 0 Å². The molecule has 0 saturated carbocycles. The summed E-state index contributed by atoms with van der Waals surface area (Å²) in [6.45, 7) is 7.46. The van der Waals surface area contributed by atoms with Gasteiger partial charge in [-0.25, -0.2) is 0 Å². The third-order valence-corrected chi connectivity index (χ3v) is 3.34. The minimum atomic E-state index is -0.179. The van der Waals surface area contributed by atoms with E-state index in [4.69, 9.17) is 9.47 Å². The van der Waals surface area contributed by atoms with Crippen LogP contribution in [-0.4, -0.2) is 87.8 Å². The number of ether oxygens (including phenoxy) is 2. The highest BCUT2D eigenvalue weighted by molar-refractivity contribution is 5.78. The summed E-state index contributed by atoms with van der Waals surface area (Å²) in [5.41, 5.74) is 0. The minimum absolute atomic E-state index is 0.0462. The Bertz CT molecular complexity index is 317. The van der Waals surface area contributed by atoms with Gasteiger partial charge in [0.15, 0.2) is 0 Å². The highest BCUT2D eigenvalue weighted by Crippen LogP contribution is 2.01. The Morgan fingerprint density at radius 1 is 1.10 bits per heavy atom. The molecule has 1 N–H and O–H groups in total. The number of esters is 1. The van der Waals surface area contributed by atoms with Gasteiger partial charge in [-0.3, -0.25) is 19.4 Å². The molecule has 0 aromatic heterocycles. The topological polar surface area (TPSA) is 71.1 Å². The summed E-state index contributed by atoms with van der Waals surface area (Å²) in [5.74, 6) is -0.133. The molecule has 1 fully saturated rings. The van der Waals surface area contributed by atoms with E-state index in [-0.39, 0.29) is 11.9 Å². The van der Waals surface area contributed by atoms with Gasteiger partial charge in [0.1, 0.15) is 0 Å². The molecule has 0 atom stereocenters. The predicted octanol–water partition coefficient (Wildman–Crippen LogP) is -0.680. The molecule has 0 unspecified atom stereocenters. The number of carbonyl (C=O) groups is 2. The van der Waals surface area contributed by atoms with Gasteiger partial charge in [0.2, 0.25) is 5.91 Å². The second kappa shape index (κ2) is 10.5. The molecule has 1 aliphatic heterocycles. The summed E-state index contributed by atoms with van der Waals surface area (Å²) in [4.78, 5) is 27.3. The standard InChI is InChI=1S/C14H27N3O4/c1-3-21-14(19)12-17-8-6-16(7-9-17)11-13(18)15-5-4-10-20-2/h3-12H2,1-2H3,(H,15,18). The number of methoxy groups -OCH3 is 1. The Hall–Kier alpha value is -1.18. The maximum Gasteiger partial charge on any atom is 0.320 e. The highest BCUT2D eigenvalue weighted by Gasteiger charge is 2.20. The fourth-order valence-electron chi connectivity index (χ4n) is 2.20. The first-order valence-corrected chi connectivity index (χ1v) is 7.51. The Morgan fingerprint density at radius 2 is 1.71 bits per heavy atom. The van der Waals surface area contributed by atoms with Crippen LogP contribution in [0.3, 0.4) is 0 Å². The van der Waals surface area contributed by atoms with Crippen molar-refractivity contribution in [3.63, 3.8) is 0 Å². The molecule has 7 nitrogen and oxygen atoms in total. The van der Waals surface area contributed by atoms with Crippen LogP contribution in [0.25, 0.3) is 0 Å². The van der Waals surface area contributed by atoms with Crippen molar-refractivity contribution >= 4 is 11.9 Å². The SMILES string of the molecule is CCOC(=O)CN1CCN(CC(=O)NCCCOC)CC1. The second-order valence-electron chi connectivity index (χ2n) is 5.05. The molecule has 122 valence electrons. The smallest absolute Gasteiger partial charge is 0.320 e. The van der Waals surface area contributed by atoms with Crippen LogP contribution in [-0.2, 0) is 19.1 Å². The normalized spacial score (nSPS) is 16.7. The molecule has 1 saturated heterocycles.